The van der Waals surface area contributed by atoms with Gasteiger partial charge in [-0.25, -0.2) is 0 Å². The molecule has 0 aliphatic carbocycles. The molecule has 1 amide bonds. The average molecular weight is 292 g/mol. The second-order valence-electron chi connectivity index (χ2n) is 5.06. The quantitative estimate of drug-likeness (QED) is 0.776. The second kappa shape index (κ2) is 6.22. The highest BCUT2D eigenvalue weighted by Gasteiger charge is 2.14. The van der Waals surface area contributed by atoms with Crippen molar-refractivity contribution in [2.24, 2.45) is 0 Å². The van der Waals surface area contributed by atoms with Crippen LogP contribution in [0.2, 0.25) is 0 Å². The second-order valence-corrected chi connectivity index (χ2v) is 5.06. The molecule has 2 aromatic heterocycles. The number of aryl methyl sites for hydroxylation is 1. The van der Waals surface area contributed by atoms with E-state index in [0.717, 1.165) is 16.8 Å². The maximum atomic E-state index is 12.4. The fourth-order valence-corrected chi connectivity index (χ4v) is 2.18. The molecule has 0 fully saturated rings. The first-order valence-electron chi connectivity index (χ1n) is 7.01. The highest BCUT2D eigenvalue weighted by atomic mass is 16.1. The van der Waals surface area contributed by atoms with E-state index >= 15 is 0 Å². The van der Waals surface area contributed by atoms with Gasteiger partial charge in [-0.2, -0.15) is 5.10 Å². The van der Waals surface area contributed by atoms with E-state index in [1.54, 1.807) is 18.6 Å². The Balaban J connectivity index is 1.76. The van der Waals surface area contributed by atoms with Gasteiger partial charge in [-0.3, -0.25) is 14.9 Å². The molecule has 1 aromatic carbocycles. The summed E-state index contributed by atoms with van der Waals surface area (Å²) in [4.78, 5) is 16.3. The largest absolute Gasteiger partial charge is 0.348 e. The molecular formula is C17H16N4O. The highest BCUT2D eigenvalue weighted by Crippen LogP contribution is 2.21. The lowest BCUT2D eigenvalue weighted by Crippen LogP contribution is -2.22. The molecule has 3 rings (SSSR count). The summed E-state index contributed by atoms with van der Waals surface area (Å²) in [6, 6.07) is 11.7. The lowest BCUT2D eigenvalue weighted by molar-refractivity contribution is 0.0951. The molecule has 22 heavy (non-hydrogen) atoms. The molecule has 3 aromatic rings. The van der Waals surface area contributed by atoms with Crippen LogP contribution in [0.5, 0.6) is 0 Å². The zero-order chi connectivity index (χ0) is 15.4. The molecule has 5 nitrogen and oxygen atoms in total. The summed E-state index contributed by atoms with van der Waals surface area (Å²) in [5.41, 5.74) is 4.39. The number of carbonyl (C=O) groups is 1. The van der Waals surface area contributed by atoms with Gasteiger partial charge in [0.05, 0.1) is 17.5 Å². The number of pyridine rings is 1. The van der Waals surface area contributed by atoms with Crippen molar-refractivity contribution in [3.05, 3.63) is 71.7 Å². The van der Waals surface area contributed by atoms with Gasteiger partial charge in [-0.05, 0) is 24.6 Å². The zero-order valence-electron chi connectivity index (χ0n) is 12.2. The van der Waals surface area contributed by atoms with Gasteiger partial charge in [-0.1, -0.05) is 29.8 Å². The fourth-order valence-electron chi connectivity index (χ4n) is 2.18. The van der Waals surface area contributed by atoms with Gasteiger partial charge < -0.3 is 5.32 Å². The fraction of sp³-hybridized carbons (Fsp3) is 0.118. The van der Waals surface area contributed by atoms with Crippen molar-refractivity contribution in [2.45, 2.75) is 13.5 Å². The van der Waals surface area contributed by atoms with Crippen LogP contribution in [0.15, 0.2) is 55.0 Å². The summed E-state index contributed by atoms with van der Waals surface area (Å²) in [6.07, 6.45) is 4.96. The van der Waals surface area contributed by atoms with Crippen molar-refractivity contribution in [1.82, 2.24) is 20.5 Å². The molecule has 0 radical (unpaired) electrons. The van der Waals surface area contributed by atoms with E-state index in [-0.39, 0.29) is 5.91 Å². The van der Waals surface area contributed by atoms with Crippen molar-refractivity contribution in [2.75, 3.05) is 0 Å². The Morgan fingerprint density at radius 3 is 2.59 bits per heavy atom. The number of nitrogens with one attached hydrogen (secondary N) is 2. The molecule has 110 valence electrons. The monoisotopic (exact) mass is 292 g/mol. The number of aromatic nitrogens is 3. The first kappa shape index (κ1) is 14.0. The van der Waals surface area contributed by atoms with Crippen LogP contribution in [0.25, 0.3) is 11.3 Å². The molecule has 0 unspecified atom stereocenters. The van der Waals surface area contributed by atoms with E-state index in [2.05, 4.69) is 20.5 Å². The van der Waals surface area contributed by atoms with Crippen molar-refractivity contribution in [1.29, 1.82) is 0 Å². The third-order valence-electron chi connectivity index (χ3n) is 3.43. The molecule has 5 heteroatoms. The predicted octanol–water partition coefficient (Wildman–Crippen LogP) is 2.71. The molecule has 0 saturated heterocycles. The molecular weight excluding hydrogens is 276 g/mol. The highest BCUT2D eigenvalue weighted by molar-refractivity contribution is 5.99. The lowest BCUT2D eigenvalue weighted by Gasteiger charge is -2.06. The summed E-state index contributed by atoms with van der Waals surface area (Å²) in [5, 5.41) is 9.80. The number of hydrogen-bond acceptors (Lipinski definition) is 3. The van der Waals surface area contributed by atoms with Crippen LogP contribution in [0, 0.1) is 6.92 Å². The number of H-pyrrole nitrogens is 1. The first-order chi connectivity index (χ1) is 10.7. The van der Waals surface area contributed by atoms with Crippen LogP contribution >= 0.6 is 0 Å². The SMILES string of the molecule is Cc1ccc(-c2[nH]ncc2C(=O)NCc2ccncc2)cc1. The van der Waals surface area contributed by atoms with Crippen LogP contribution in [0.3, 0.4) is 0 Å². The van der Waals surface area contributed by atoms with Crippen molar-refractivity contribution in [3.8, 4) is 11.3 Å². The molecule has 0 bridgehead atoms. The summed E-state index contributed by atoms with van der Waals surface area (Å²) >= 11 is 0. The number of hydrogen-bond donors (Lipinski definition) is 2. The van der Waals surface area contributed by atoms with Gasteiger partial charge in [0.1, 0.15) is 0 Å². The van der Waals surface area contributed by atoms with Crippen LogP contribution in [-0.4, -0.2) is 21.1 Å². The van der Waals surface area contributed by atoms with E-state index in [1.165, 1.54) is 5.56 Å². The predicted molar refractivity (Wildman–Crippen MR) is 84.2 cm³/mol. The normalized spacial score (nSPS) is 10.4. The van der Waals surface area contributed by atoms with E-state index in [1.807, 2.05) is 43.3 Å². The van der Waals surface area contributed by atoms with Gasteiger partial charge in [0, 0.05) is 24.5 Å². The Bertz CT molecular complexity index is 763. The lowest BCUT2D eigenvalue weighted by atomic mass is 10.1. The van der Waals surface area contributed by atoms with E-state index in [4.69, 9.17) is 0 Å². The van der Waals surface area contributed by atoms with Gasteiger partial charge in [0.15, 0.2) is 0 Å². The third kappa shape index (κ3) is 3.03. The van der Waals surface area contributed by atoms with Crippen LogP contribution in [-0.2, 0) is 6.54 Å². The number of nitrogens with zero attached hydrogens (tertiary/aromatic N) is 2. The Labute approximate surface area is 128 Å². The minimum Gasteiger partial charge on any atom is -0.348 e. The number of benzene rings is 1. The number of amides is 1. The molecule has 0 aliphatic heterocycles. The van der Waals surface area contributed by atoms with Gasteiger partial charge >= 0.3 is 0 Å². The Morgan fingerprint density at radius 1 is 1.14 bits per heavy atom. The van der Waals surface area contributed by atoms with Crippen LogP contribution < -0.4 is 5.32 Å². The van der Waals surface area contributed by atoms with E-state index in [0.29, 0.717) is 12.1 Å². The Kier molecular flexibility index (Phi) is 3.96. The number of rotatable bonds is 4. The first-order valence-corrected chi connectivity index (χ1v) is 7.01. The molecule has 0 spiro atoms. The third-order valence-corrected chi connectivity index (χ3v) is 3.43. The average Bonchev–Trinajstić information content (AvgIpc) is 3.04. The van der Waals surface area contributed by atoms with Crippen LogP contribution in [0.4, 0.5) is 0 Å². The summed E-state index contributed by atoms with van der Waals surface area (Å²) in [6.45, 7) is 2.49. The topological polar surface area (TPSA) is 70.7 Å². The van der Waals surface area contributed by atoms with E-state index in [9.17, 15) is 4.79 Å². The van der Waals surface area contributed by atoms with Gasteiger partial charge in [0.2, 0.25) is 0 Å². The smallest absolute Gasteiger partial charge is 0.255 e. The molecule has 0 aliphatic rings. The molecule has 0 atom stereocenters. The minimum absolute atomic E-state index is 0.152. The molecule has 2 N–H and O–H groups in total. The zero-order valence-corrected chi connectivity index (χ0v) is 12.2. The summed E-state index contributed by atoms with van der Waals surface area (Å²) < 4.78 is 0. The Morgan fingerprint density at radius 2 is 1.86 bits per heavy atom. The standard InChI is InChI=1S/C17H16N4O/c1-12-2-4-14(5-3-12)16-15(11-20-21-16)17(22)19-10-13-6-8-18-9-7-13/h2-9,11H,10H2,1H3,(H,19,22)(H,20,21). The van der Waals surface area contributed by atoms with Crippen molar-refractivity contribution < 1.29 is 4.79 Å². The summed E-state index contributed by atoms with van der Waals surface area (Å²) in [7, 11) is 0. The minimum atomic E-state index is -0.152. The van der Waals surface area contributed by atoms with Crippen molar-refractivity contribution in [3.63, 3.8) is 0 Å². The van der Waals surface area contributed by atoms with Gasteiger partial charge in [0.25, 0.3) is 5.91 Å². The van der Waals surface area contributed by atoms with Crippen LogP contribution in [0.1, 0.15) is 21.5 Å². The maximum absolute atomic E-state index is 12.4. The van der Waals surface area contributed by atoms with E-state index < -0.39 is 0 Å². The van der Waals surface area contributed by atoms with Gasteiger partial charge in [-0.15, -0.1) is 0 Å². The summed E-state index contributed by atoms with van der Waals surface area (Å²) in [5.74, 6) is -0.152. The number of carbonyl (C=O) groups excluding carboxylic acids is 1. The van der Waals surface area contributed by atoms with Crippen molar-refractivity contribution >= 4 is 5.91 Å². The molecule has 2 heterocycles. The Hall–Kier alpha value is -2.95. The molecule has 0 saturated carbocycles. The maximum Gasteiger partial charge on any atom is 0.255 e. The number of aromatic amines is 1.